The van der Waals surface area contributed by atoms with Gasteiger partial charge in [0.2, 0.25) is 0 Å². The second-order valence-corrected chi connectivity index (χ2v) is 14.0. The number of hydrogen-bond donors (Lipinski definition) is 0. The lowest BCUT2D eigenvalue weighted by Crippen LogP contribution is -1.95. The summed E-state index contributed by atoms with van der Waals surface area (Å²) in [4.78, 5) is 19.0. The average Bonchev–Trinajstić information content (AvgIpc) is 3.79. The summed E-state index contributed by atoms with van der Waals surface area (Å²) < 4.78 is 4.64. The molecule has 0 amide bonds. The lowest BCUT2D eigenvalue weighted by Gasteiger charge is -2.12. The number of hydrogen-bond acceptors (Lipinski definition) is 4. The molecule has 262 valence electrons. The van der Waals surface area contributed by atoms with E-state index in [1.165, 1.54) is 21.7 Å². The van der Waals surface area contributed by atoms with Crippen molar-refractivity contribution in [1.82, 2.24) is 29.1 Å². The smallest absolute Gasteiger partial charge is 0.145 e. The average molecular weight is 717 g/mol. The molecular weight excluding hydrogens is 685 g/mol. The summed E-state index contributed by atoms with van der Waals surface area (Å²) in [5.41, 5.74) is 14.3. The van der Waals surface area contributed by atoms with Crippen molar-refractivity contribution in [3.05, 3.63) is 195 Å². The molecule has 0 N–H and O–H groups in total. The Morgan fingerprint density at radius 2 is 0.893 bits per heavy atom. The number of benzene rings is 5. The molecule has 0 aliphatic rings. The normalized spacial score (nSPS) is 11.6. The lowest BCUT2D eigenvalue weighted by atomic mass is 10.0. The van der Waals surface area contributed by atoms with E-state index >= 15 is 0 Å². The van der Waals surface area contributed by atoms with E-state index in [0.717, 1.165) is 78.4 Å². The summed E-state index contributed by atoms with van der Waals surface area (Å²) in [5, 5.41) is 4.76. The van der Waals surface area contributed by atoms with E-state index in [9.17, 15) is 0 Å². The third-order valence-electron chi connectivity index (χ3n) is 10.7. The first kappa shape index (κ1) is 31.8. The molecule has 0 aliphatic heterocycles. The van der Waals surface area contributed by atoms with Crippen molar-refractivity contribution in [1.29, 1.82) is 0 Å². The first-order valence-corrected chi connectivity index (χ1v) is 18.7. The standard InChI is InChI=1S/C50H32N6/c1-2-11-37(12-3-1)56-49-32-35(20-24-40(49)41-14-10-28-53-50(41)56)34-21-25-48-42(29-34)39-13-4-5-17-47(39)55(48)38-22-18-33(19-23-38)36-30-45(43-15-6-8-26-51-43)54-46(31-36)44-16-7-9-27-52-44/h1-32H. The summed E-state index contributed by atoms with van der Waals surface area (Å²) in [6, 6.07) is 61.8. The first-order valence-electron chi connectivity index (χ1n) is 18.7. The highest BCUT2D eigenvalue weighted by Gasteiger charge is 2.17. The predicted octanol–water partition coefficient (Wildman–Crippen LogP) is 12.1. The van der Waals surface area contributed by atoms with Crippen molar-refractivity contribution in [3.8, 4) is 56.4 Å². The molecule has 11 rings (SSSR count). The zero-order valence-corrected chi connectivity index (χ0v) is 30.2. The first-order chi connectivity index (χ1) is 27.8. The molecule has 0 radical (unpaired) electrons. The Morgan fingerprint density at radius 3 is 1.64 bits per heavy atom. The molecule has 0 unspecified atom stereocenters. The van der Waals surface area contributed by atoms with Crippen molar-refractivity contribution in [2.75, 3.05) is 0 Å². The van der Waals surface area contributed by atoms with Crippen LogP contribution >= 0.6 is 0 Å². The molecule has 6 heterocycles. The van der Waals surface area contributed by atoms with Gasteiger partial charge in [0.1, 0.15) is 5.65 Å². The van der Waals surface area contributed by atoms with Crippen molar-refractivity contribution >= 4 is 43.7 Å². The number of pyridine rings is 4. The largest absolute Gasteiger partial charge is 0.309 e. The Hall–Kier alpha value is -7.70. The zero-order valence-electron chi connectivity index (χ0n) is 30.2. The summed E-state index contributed by atoms with van der Waals surface area (Å²) in [7, 11) is 0. The minimum absolute atomic E-state index is 0.809. The van der Waals surface area contributed by atoms with E-state index in [0.29, 0.717) is 0 Å². The van der Waals surface area contributed by atoms with Crippen molar-refractivity contribution < 1.29 is 0 Å². The van der Waals surface area contributed by atoms with Crippen molar-refractivity contribution in [3.63, 3.8) is 0 Å². The van der Waals surface area contributed by atoms with Crippen LogP contribution < -0.4 is 0 Å². The highest BCUT2D eigenvalue weighted by molar-refractivity contribution is 6.12. The van der Waals surface area contributed by atoms with Gasteiger partial charge in [0.25, 0.3) is 0 Å². The van der Waals surface area contributed by atoms with Gasteiger partial charge in [-0.25, -0.2) is 9.97 Å². The van der Waals surface area contributed by atoms with Crippen LogP contribution in [0.25, 0.3) is 100 Å². The Kier molecular flexibility index (Phi) is 7.38. The van der Waals surface area contributed by atoms with Crippen molar-refractivity contribution in [2.45, 2.75) is 0 Å². The van der Waals surface area contributed by atoms with Crippen LogP contribution in [0.2, 0.25) is 0 Å². The summed E-state index contributed by atoms with van der Waals surface area (Å²) in [6.45, 7) is 0. The summed E-state index contributed by atoms with van der Waals surface area (Å²) >= 11 is 0. The number of fused-ring (bicyclic) bond motifs is 6. The van der Waals surface area contributed by atoms with Gasteiger partial charge in [-0.2, -0.15) is 0 Å². The molecule has 6 heteroatoms. The molecule has 0 fully saturated rings. The Morgan fingerprint density at radius 1 is 0.304 bits per heavy atom. The van der Waals surface area contributed by atoms with Gasteiger partial charge in [-0.15, -0.1) is 0 Å². The third-order valence-corrected chi connectivity index (χ3v) is 10.7. The monoisotopic (exact) mass is 716 g/mol. The maximum absolute atomic E-state index is 4.96. The van der Waals surface area contributed by atoms with Crippen molar-refractivity contribution in [2.24, 2.45) is 0 Å². The van der Waals surface area contributed by atoms with Crippen LogP contribution in [0.5, 0.6) is 0 Å². The predicted molar refractivity (Wildman–Crippen MR) is 228 cm³/mol. The van der Waals surface area contributed by atoms with Crippen LogP contribution in [0, 0.1) is 0 Å². The van der Waals surface area contributed by atoms with E-state index < -0.39 is 0 Å². The number of aromatic nitrogens is 6. The fourth-order valence-corrected chi connectivity index (χ4v) is 8.08. The number of rotatable bonds is 6. The minimum Gasteiger partial charge on any atom is -0.309 e. The van der Waals surface area contributed by atoms with E-state index in [2.05, 4.69) is 153 Å². The van der Waals surface area contributed by atoms with Crippen LogP contribution in [0.1, 0.15) is 0 Å². The molecule has 56 heavy (non-hydrogen) atoms. The van der Waals surface area contributed by atoms with Crippen LogP contribution in [0.15, 0.2) is 195 Å². The number of nitrogens with zero attached hydrogens (tertiary/aromatic N) is 6. The van der Waals surface area contributed by atoms with Gasteiger partial charge in [-0.05, 0) is 119 Å². The maximum Gasteiger partial charge on any atom is 0.145 e. The topological polar surface area (TPSA) is 61.4 Å². The molecule has 0 atom stereocenters. The van der Waals surface area contributed by atoms with Gasteiger partial charge < -0.3 is 4.57 Å². The van der Waals surface area contributed by atoms with Crippen LogP contribution in [0.3, 0.4) is 0 Å². The maximum atomic E-state index is 4.96. The fraction of sp³-hybridized carbons (Fsp3) is 0. The molecule has 0 bridgehead atoms. The van der Waals surface area contributed by atoms with Crippen LogP contribution in [-0.2, 0) is 0 Å². The molecule has 11 aromatic rings. The molecule has 0 spiro atoms. The van der Waals surface area contributed by atoms with Gasteiger partial charge in [0.05, 0.1) is 39.3 Å². The SMILES string of the molecule is c1ccc(-n2c3cc(-c4ccc5c(c4)c4ccccc4n5-c4ccc(-c5cc(-c6ccccn6)nc(-c6ccccn6)c5)cc4)ccc3c3cccnc32)cc1. The van der Waals surface area contributed by atoms with E-state index in [1.54, 1.807) is 12.4 Å². The Bertz CT molecular complexity index is 3160. The minimum atomic E-state index is 0.809. The van der Waals surface area contributed by atoms with Crippen LogP contribution in [-0.4, -0.2) is 29.1 Å². The molecular formula is C50H32N6. The molecule has 0 saturated carbocycles. The summed E-state index contributed by atoms with van der Waals surface area (Å²) in [5.74, 6) is 0. The molecule has 0 aliphatic carbocycles. The number of para-hydroxylation sites is 2. The Labute approximate surface area is 322 Å². The highest BCUT2D eigenvalue weighted by atomic mass is 15.0. The van der Waals surface area contributed by atoms with Gasteiger partial charge in [0, 0.05) is 51.5 Å². The fourth-order valence-electron chi connectivity index (χ4n) is 8.08. The van der Waals surface area contributed by atoms with Crippen LogP contribution in [0.4, 0.5) is 0 Å². The zero-order chi connectivity index (χ0) is 37.0. The second-order valence-electron chi connectivity index (χ2n) is 14.0. The Balaban J connectivity index is 1.02. The van der Waals surface area contributed by atoms with Gasteiger partial charge >= 0.3 is 0 Å². The second kappa shape index (κ2) is 13.0. The van der Waals surface area contributed by atoms with Gasteiger partial charge in [-0.1, -0.05) is 78.9 Å². The van der Waals surface area contributed by atoms with E-state index in [4.69, 9.17) is 9.97 Å². The highest BCUT2D eigenvalue weighted by Crippen LogP contribution is 2.38. The van der Waals surface area contributed by atoms with Gasteiger partial charge in [-0.3, -0.25) is 14.5 Å². The molecule has 6 aromatic heterocycles. The third kappa shape index (κ3) is 5.27. The summed E-state index contributed by atoms with van der Waals surface area (Å²) in [6.07, 6.45) is 5.47. The quantitative estimate of drug-likeness (QED) is 0.172. The molecule has 5 aromatic carbocycles. The lowest BCUT2D eigenvalue weighted by molar-refractivity contribution is 1.14. The van der Waals surface area contributed by atoms with Gasteiger partial charge in [0.15, 0.2) is 0 Å². The molecule has 0 saturated heterocycles. The molecule has 6 nitrogen and oxygen atoms in total. The van der Waals surface area contributed by atoms with E-state index in [-0.39, 0.29) is 0 Å². The van der Waals surface area contributed by atoms with E-state index in [1.807, 2.05) is 48.7 Å².